The van der Waals surface area contributed by atoms with Gasteiger partial charge in [0.1, 0.15) is 5.56 Å². The third-order valence-corrected chi connectivity index (χ3v) is 5.88. The van der Waals surface area contributed by atoms with Gasteiger partial charge in [0.05, 0.1) is 0 Å². The van der Waals surface area contributed by atoms with Crippen LogP contribution in [0.2, 0.25) is 10.0 Å². The van der Waals surface area contributed by atoms with Gasteiger partial charge in [-0.2, -0.15) is 0 Å². The van der Waals surface area contributed by atoms with Gasteiger partial charge in [-0.3, -0.25) is 4.79 Å². The molecule has 0 radical (unpaired) electrons. The van der Waals surface area contributed by atoms with Crippen LogP contribution >= 0.6 is 39.1 Å². The number of halogens is 3. The normalized spacial score (nSPS) is 13.0. The van der Waals surface area contributed by atoms with Crippen molar-refractivity contribution in [3.05, 3.63) is 98.2 Å². The third kappa shape index (κ3) is 5.34. The molecule has 0 unspecified atom stereocenters. The van der Waals surface area contributed by atoms with E-state index in [4.69, 9.17) is 23.2 Å². The number of pyridine rings is 1. The molecule has 6 heteroatoms. The Kier molecular flexibility index (Phi) is 7.11. The summed E-state index contributed by atoms with van der Waals surface area (Å²) < 4.78 is 0.747. The summed E-state index contributed by atoms with van der Waals surface area (Å²) in [5, 5.41) is 4.53. The molecule has 0 spiro atoms. The summed E-state index contributed by atoms with van der Waals surface area (Å²) in [4.78, 5) is 15.7. The Bertz CT molecular complexity index is 946. The van der Waals surface area contributed by atoms with Gasteiger partial charge in [0.2, 0.25) is 0 Å². The highest BCUT2D eigenvalue weighted by molar-refractivity contribution is 9.10. The van der Waals surface area contributed by atoms with E-state index in [0.717, 1.165) is 22.0 Å². The molecule has 0 saturated carbocycles. The topological polar surface area (TPSA) is 43.2 Å². The molecule has 0 aliphatic rings. The lowest BCUT2D eigenvalue weighted by Crippen LogP contribution is -2.38. The molecule has 0 fully saturated rings. The zero-order chi connectivity index (χ0) is 20.1. The van der Waals surface area contributed by atoms with Crippen LogP contribution < -0.4 is 10.3 Å². The lowest BCUT2D eigenvalue weighted by Gasteiger charge is -2.26. The number of rotatable bonds is 6. The predicted octanol–water partition coefficient (Wildman–Crippen LogP) is 5.71. The van der Waals surface area contributed by atoms with Crippen LogP contribution in [0.3, 0.4) is 0 Å². The summed E-state index contributed by atoms with van der Waals surface area (Å²) in [6, 6.07) is 17.3. The van der Waals surface area contributed by atoms with Crippen molar-refractivity contribution < 1.29 is 9.78 Å². The minimum Gasteiger partial charge on any atom is -0.349 e. The number of aromatic nitrogens is 1. The molecule has 2 aromatic carbocycles. The van der Waals surface area contributed by atoms with Crippen molar-refractivity contribution in [2.45, 2.75) is 25.3 Å². The Labute approximate surface area is 183 Å². The average Bonchev–Trinajstić information content (AvgIpc) is 2.68. The summed E-state index contributed by atoms with van der Waals surface area (Å²) in [5.41, 5.74) is 2.83. The molecule has 2 atom stereocenters. The largest absolute Gasteiger partial charge is 0.349 e. The van der Waals surface area contributed by atoms with E-state index >= 15 is 0 Å². The number of amides is 1. The van der Waals surface area contributed by atoms with Gasteiger partial charge in [-0.15, -0.1) is 0 Å². The summed E-state index contributed by atoms with van der Waals surface area (Å²) >= 11 is 15.5. The number of hydrogen-bond donors (Lipinski definition) is 1. The van der Waals surface area contributed by atoms with Crippen LogP contribution in [0.5, 0.6) is 0 Å². The van der Waals surface area contributed by atoms with Crippen molar-refractivity contribution in [2.75, 3.05) is 0 Å². The smallest absolute Gasteiger partial charge is 0.258 e. The van der Waals surface area contributed by atoms with Gasteiger partial charge in [-0.05, 0) is 64.7 Å². The Morgan fingerprint density at radius 1 is 1.04 bits per heavy atom. The third-order valence-electron chi connectivity index (χ3n) is 4.68. The first kappa shape index (κ1) is 20.8. The van der Waals surface area contributed by atoms with Gasteiger partial charge in [-0.25, -0.2) is 4.98 Å². The van der Waals surface area contributed by atoms with Gasteiger partial charge < -0.3 is 5.32 Å². The van der Waals surface area contributed by atoms with Crippen molar-refractivity contribution in [2.24, 2.45) is 0 Å². The second-order valence-corrected chi connectivity index (χ2v) is 8.38. The number of carbonyl (C=O) groups is 1. The van der Waals surface area contributed by atoms with Crippen LogP contribution in [0, 0.1) is 0 Å². The molecule has 2 N–H and O–H groups in total. The van der Waals surface area contributed by atoms with E-state index in [9.17, 15) is 4.79 Å². The SMILES string of the molecule is C[C@@H](NC(=O)c1c[nH+]ccc1Br)[C@H](Cc1ccc(Cl)cc1)c1ccc(Cl)cc1. The molecule has 3 nitrogen and oxygen atoms in total. The van der Waals surface area contributed by atoms with Gasteiger partial charge >= 0.3 is 0 Å². The molecular formula is C22H20BrCl2N2O+. The van der Waals surface area contributed by atoms with E-state index < -0.39 is 0 Å². The molecular weight excluding hydrogens is 459 g/mol. The number of H-pyrrole nitrogens is 1. The lowest BCUT2D eigenvalue weighted by atomic mass is 9.86. The fourth-order valence-electron chi connectivity index (χ4n) is 3.14. The van der Waals surface area contributed by atoms with E-state index in [1.165, 1.54) is 0 Å². The number of carbonyl (C=O) groups excluding carboxylic acids is 1. The van der Waals surface area contributed by atoms with Crippen LogP contribution in [-0.4, -0.2) is 11.9 Å². The summed E-state index contributed by atoms with van der Waals surface area (Å²) in [5.74, 6) is -0.0554. The molecule has 144 valence electrons. The minimum absolute atomic E-state index is 0.0776. The molecule has 1 aromatic heterocycles. The van der Waals surface area contributed by atoms with Crippen LogP contribution in [0.4, 0.5) is 0 Å². The molecule has 0 aliphatic heterocycles. The molecule has 0 aliphatic carbocycles. The molecule has 1 heterocycles. The fourth-order valence-corrected chi connectivity index (χ4v) is 3.82. The monoisotopic (exact) mass is 477 g/mol. The van der Waals surface area contributed by atoms with E-state index in [0.29, 0.717) is 15.6 Å². The van der Waals surface area contributed by atoms with Crippen LogP contribution in [-0.2, 0) is 6.42 Å². The number of nitrogens with one attached hydrogen (secondary N) is 2. The van der Waals surface area contributed by atoms with E-state index in [1.807, 2.05) is 61.5 Å². The Hall–Kier alpha value is -1.88. The van der Waals surface area contributed by atoms with E-state index in [-0.39, 0.29) is 17.9 Å². The summed E-state index contributed by atoms with van der Waals surface area (Å²) in [6.45, 7) is 2.02. The first-order valence-electron chi connectivity index (χ1n) is 8.90. The van der Waals surface area contributed by atoms with Crippen LogP contribution in [0.15, 0.2) is 71.5 Å². The predicted molar refractivity (Wildman–Crippen MR) is 117 cm³/mol. The molecule has 3 rings (SSSR count). The average molecular weight is 479 g/mol. The zero-order valence-electron chi connectivity index (χ0n) is 15.3. The van der Waals surface area contributed by atoms with Crippen molar-refractivity contribution in [1.82, 2.24) is 5.32 Å². The van der Waals surface area contributed by atoms with Crippen molar-refractivity contribution in [3.63, 3.8) is 0 Å². The second-order valence-electron chi connectivity index (χ2n) is 6.66. The van der Waals surface area contributed by atoms with Gasteiger partial charge in [0.25, 0.3) is 5.91 Å². The number of benzene rings is 2. The standard InChI is InChI=1S/C22H19BrCl2N2O/c1-14(27-22(28)20-13-26-11-10-21(20)23)19(16-4-8-18(25)9-5-16)12-15-2-6-17(24)7-3-15/h2-11,13-14,19H,12H2,1H3,(H,27,28)/p+1/t14-,19+/m1/s1. The highest BCUT2D eigenvalue weighted by Gasteiger charge is 2.23. The highest BCUT2D eigenvalue weighted by Crippen LogP contribution is 2.27. The Balaban J connectivity index is 1.84. The van der Waals surface area contributed by atoms with Gasteiger partial charge in [-0.1, -0.05) is 47.5 Å². The van der Waals surface area contributed by atoms with E-state index in [1.54, 1.807) is 12.4 Å². The Morgan fingerprint density at radius 3 is 2.25 bits per heavy atom. The zero-order valence-corrected chi connectivity index (χ0v) is 18.4. The molecule has 28 heavy (non-hydrogen) atoms. The van der Waals surface area contributed by atoms with Crippen LogP contribution in [0.1, 0.15) is 34.3 Å². The number of hydrogen-bond acceptors (Lipinski definition) is 1. The number of aromatic amines is 1. The van der Waals surface area contributed by atoms with Gasteiger partial charge in [0, 0.05) is 32.5 Å². The summed E-state index contributed by atoms with van der Waals surface area (Å²) in [7, 11) is 0. The van der Waals surface area contributed by atoms with Crippen molar-refractivity contribution in [1.29, 1.82) is 0 Å². The molecule has 1 amide bonds. The minimum atomic E-state index is -0.133. The maximum Gasteiger partial charge on any atom is 0.258 e. The molecule has 0 saturated heterocycles. The fraction of sp³-hybridized carbons (Fsp3) is 0.182. The second kappa shape index (κ2) is 9.55. The quantitative estimate of drug-likeness (QED) is 0.484. The molecule has 3 aromatic rings. The van der Waals surface area contributed by atoms with Crippen molar-refractivity contribution >= 4 is 45.0 Å². The van der Waals surface area contributed by atoms with Crippen molar-refractivity contribution in [3.8, 4) is 0 Å². The van der Waals surface area contributed by atoms with Crippen LogP contribution in [0.25, 0.3) is 0 Å². The maximum atomic E-state index is 12.8. The van der Waals surface area contributed by atoms with Gasteiger partial charge in [0.15, 0.2) is 12.4 Å². The lowest BCUT2D eigenvalue weighted by molar-refractivity contribution is -0.378. The maximum absolute atomic E-state index is 12.8. The highest BCUT2D eigenvalue weighted by atomic mass is 79.9. The van der Waals surface area contributed by atoms with E-state index in [2.05, 4.69) is 26.2 Å². The summed E-state index contributed by atoms with van der Waals surface area (Å²) in [6.07, 6.45) is 4.21. The molecule has 0 bridgehead atoms. The first-order chi connectivity index (χ1) is 13.4. The first-order valence-corrected chi connectivity index (χ1v) is 10.5. The Morgan fingerprint density at radius 2 is 1.64 bits per heavy atom.